The van der Waals surface area contributed by atoms with Gasteiger partial charge < -0.3 is 0 Å². The zero-order valence-corrected chi connectivity index (χ0v) is 9.58. The standard InChI is InChI=1S/C11H11ClFN3/c1-2-16-11(14-7-15-16)10-8(6-12)4-3-5-9(10)13/h3-5,7H,2,6H2,1H3. The SMILES string of the molecule is CCn1ncnc1-c1c(F)cccc1CCl. The first kappa shape index (κ1) is 11.1. The maximum absolute atomic E-state index is 13.8. The van der Waals surface area contributed by atoms with Crippen LogP contribution in [0.25, 0.3) is 11.4 Å². The van der Waals surface area contributed by atoms with Crippen molar-refractivity contribution in [3.63, 3.8) is 0 Å². The molecule has 0 spiro atoms. The van der Waals surface area contributed by atoms with Gasteiger partial charge in [-0.15, -0.1) is 11.6 Å². The van der Waals surface area contributed by atoms with Crippen LogP contribution in [0.4, 0.5) is 4.39 Å². The largest absolute Gasteiger partial charge is 0.246 e. The first-order valence-corrected chi connectivity index (χ1v) is 5.53. The van der Waals surface area contributed by atoms with E-state index in [9.17, 15) is 4.39 Å². The number of rotatable bonds is 3. The van der Waals surface area contributed by atoms with Gasteiger partial charge in [-0.2, -0.15) is 5.10 Å². The fourth-order valence-corrected chi connectivity index (χ4v) is 1.84. The molecule has 0 atom stereocenters. The maximum atomic E-state index is 13.8. The van der Waals surface area contributed by atoms with Crippen molar-refractivity contribution in [2.45, 2.75) is 19.3 Å². The lowest BCUT2D eigenvalue weighted by Gasteiger charge is -2.08. The van der Waals surface area contributed by atoms with Gasteiger partial charge in [-0.05, 0) is 18.6 Å². The Labute approximate surface area is 97.9 Å². The Morgan fingerprint density at radius 1 is 1.44 bits per heavy atom. The summed E-state index contributed by atoms with van der Waals surface area (Å²) in [7, 11) is 0. The number of nitrogens with zero attached hydrogens (tertiary/aromatic N) is 3. The molecular formula is C11H11ClFN3. The number of benzene rings is 1. The van der Waals surface area contributed by atoms with Crippen LogP contribution >= 0.6 is 11.6 Å². The van der Waals surface area contributed by atoms with Crippen LogP contribution in [0.5, 0.6) is 0 Å². The quantitative estimate of drug-likeness (QED) is 0.771. The number of aromatic nitrogens is 3. The van der Waals surface area contributed by atoms with Crippen LogP contribution in [0.2, 0.25) is 0 Å². The lowest BCUT2D eigenvalue weighted by molar-refractivity contribution is 0.619. The molecule has 0 radical (unpaired) electrons. The molecule has 0 fully saturated rings. The van der Waals surface area contributed by atoms with Crippen LogP contribution in [0.3, 0.4) is 0 Å². The second kappa shape index (κ2) is 4.61. The predicted molar refractivity (Wildman–Crippen MR) is 60.6 cm³/mol. The van der Waals surface area contributed by atoms with E-state index in [4.69, 9.17) is 11.6 Å². The molecule has 0 amide bonds. The van der Waals surface area contributed by atoms with Crippen LogP contribution in [0.1, 0.15) is 12.5 Å². The van der Waals surface area contributed by atoms with Gasteiger partial charge in [0.05, 0.1) is 5.56 Å². The molecule has 0 aliphatic carbocycles. The highest BCUT2D eigenvalue weighted by molar-refractivity contribution is 6.17. The van der Waals surface area contributed by atoms with Gasteiger partial charge in [0.2, 0.25) is 0 Å². The molecule has 0 saturated carbocycles. The molecule has 16 heavy (non-hydrogen) atoms. The summed E-state index contributed by atoms with van der Waals surface area (Å²) in [6.07, 6.45) is 1.42. The third-order valence-corrected chi connectivity index (χ3v) is 2.67. The van der Waals surface area contributed by atoms with E-state index in [-0.39, 0.29) is 11.7 Å². The summed E-state index contributed by atoms with van der Waals surface area (Å²) in [4.78, 5) is 4.08. The molecule has 1 aromatic carbocycles. The molecule has 84 valence electrons. The summed E-state index contributed by atoms with van der Waals surface area (Å²) in [5.41, 5.74) is 1.17. The van der Waals surface area contributed by atoms with Gasteiger partial charge in [-0.25, -0.2) is 14.1 Å². The highest BCUT2D eigenvalue weighted by atomic mass is 35.5. The zero-order chi connectivity index (χ0) is 11.5. The summed E-state index contributed by atoms with van der Waals surface area (Å²) in [5, 5.41) is 4.02. The Morgan fingerprint density at radius 3 is 2.94 bits per heavy atom. The van der Waals surface area contributed by atoms with E-state index in [2.05, 4.69) is 10.1 Å². The van der Waals surface area contributed by atoms with E-state index >= 15 is 0 Å². The third kappa shape index (κ3) is 1.80. The van der Waals surface area contributed by atoms with Gasteiger partial charge >= 0.3 is 0 Å². The second-order valence-corrected chi connectivity index (χ2v) is 3.57. The topological polar surface area (TPSA) is 30.7 Å². The van der Waals surface area contributed by atoms with Gasteiger partial charge in [0, 0.05) is 12.4 Å². The minimum absolute atomic E-state index is 0.254. The summed E-state index contributed by atoms with van der Waals surface area (Å²) >= 11 is 5.79. The Morgan fingerprint density at radius 2 is 2.25 bits per heavy atom. The Balaban J connectivity index is 2.63. The van der Waals surface area contributed by atoms with E-state index in [1.165, 1.54) is 12.4 Å². The van der Waals surface area contributed by atoms with E-state index < -0.39 is 0 Å². The van der Waals surface area contributed by atoms with Crippen molar-refractivity contribution in [2.24, 2.45) is 0 Å². The van der Waals surface area contributed by atoms with E-state index in [1.807, 2.05) is 6.92 Å². The van der Waals surface area contributed by atoms with E-state index in [1.54, 1.807) is 16.8 Å². The summed E-state index contributed by atoms with van der Waals surface area (Å²) < 4.78 is 15.4. The van der Waals surface area contributed by atoms with Gasteiger partial charge in [-0.1, -0.05) is 12.1 Å². The average Bonchev–Trinajstić information content (AvgIpc) is 2.76. The maximum Gasteiger partial charge on any atom is 0.161 e. The first-order valence-electron chi connectivity index (χ1n) is 4.99. The molecule has 0 saturated heterocycles. The highest BCUT2D eigenvalue weighted by Crippen LogP contribution is 2.26. The number of halogens is 2. The Kier molecular flexibility index (Phi) is 3.19. The van der Waals surface area contributed by atoms with Crippen LogP contribution in [-0.2, 0) is 12.4 Å². The van der Waals surface area contributed by atoms with Crippen molar-refractivity contribution < 1.29 is 4.39 Å². The lowest BCUT2D eigenvalue weighted by atomic mass is 10.1. The third-order valence-electron chi connectivity index (χ3n) is 2.38. The molecule has 0 aliphatic rings. The summed E-state index contributed by atoms with van der Waals surface area (Å²) in [5.74, 6) is 0.459. The highest BCUT2D eigenvalue weighted by Gasteiger charge is 2.15. The molecule has 0 N–H and O–H groups in total. The Bertz CT molecular complexity index is 496. The Hall–Kier alpha value is -1.42. The van der Waals surface area contributed by atoms with Crippen LogP contribution in [-0.4, -0.2) is 14.8 Å². The molecule has 3 nitrogen and oxygen atoms in total. The molecule has 1 heterocycles. The molecule has 0 aliphatic heterocycles. The number of alkyl halides is 1. The van der Waals surface area contributed by atoms with Gasteiger partial charge in [-0.3, -0.25) is 0 Å². The fourth-order valence-electron chi connectivity index (χ4n) is 1.62. The van der Waals surface area contributed by atoms with Crippen LogP contribution in [0, 0.1) is 5.82 Å². The summed E-state index contributed by atoms with van der Waals surface area (Å²) in [6.45, 7) is 2.57. The normalized spacial score (nSPS) is 10.7. The smallest absolute Gasteiger partial charge is 0.161 e. The molecule has 2 rings (SSSR count). The fraction of sp³-hybridized carbons (Fsp3) is 0.273. The number of hydrogen-bond acceptors (Lipinski definition) is 2. The van der Waals surface area contributed by atoms with Gasteiger partial charge in [0.25, 0.3) is 0 Å². The van der Waals surface area contributed by atoms with Crippen molar-refractivity contribution in [3.8, 4) is 11.4 Å². The van der Waals surface area contributed by atoms with Crippen molar-refractivity contribution >= 4 is 11.6 Å². The molecular weight excluding hydrogens is 229 g/mol. The number of aryl methyl sites for hydroxylation is 1. The van der Waals surface area contributed by atoms with Crippen molar-refractivity contribution in [2.75, 3.05) is 0 Å². The van der Waals surface area contributed by atoms with E-state index in [0.717, 1.165) is 5.56 Å². The average molecular weight is 240 g/mol. The van der Waals surface area contributed by atoms with Crippen LogP contribution < -0.4 is 0 Å². The second-order valence-electron chi connectivity index (χ2n) is 3.31. The molecule has 5 heteroatoms. The number of hydrogen-bond donors (Lipinski definition) is 0. The zero-order valence-electron chi connectivity index (χ0n) is 8.82. The van der Waals surface area contributed by atoms with Gasteiger partial charge in [0.1, 0.15) is 12.1 Å². The minimum Gasteiger partial charge on any atom is -0.246 e. The molecule has 1 aromatic heterocycles. The van der Waals surface area contributed by atoms with Crippen molar-refractivity contribution in [1.29, 1.82) is 0 Å². The van der Waals surface area contributed by atoms with Crippen LogP contribution in [0.15, 0.2) is 24.5 Å². The monoisotopic (exact) mass is 239 g/mol. The predicted octanol–water partition coefficient (Wildman–Crippen LogP) is 2.84. The van der Waals surface area contributed by atoms with Crippen molar-refractivity contribution in [1.82, 2.24) is 14.8 Å². The summed E-state index contributed by atoms with van der Waals surface area (Å²) in [6, 6.07) is 4.84. The van der Waals surface area contributed by atoms with Gasteiger partial charge in [0.15, 0.2) is 5.82 Å². The van der Waals surface area contributed by atoms with Crippen molar-refractivity contribution in [3.05, 3.63) is 35.9 Å². The molecule has 0 bridgehead atoms. The molecule has 2 aromatic rings. The molecule has 0 unspecified atom stereocenters. The first-order chi connectivity index (χ1) is 7.77. The lowest BCUT2D eigenvalue weighted by Crippen LogP contribution is -2.03. The minimum atomic E-state index is -0.319. The van der Waals surface area contributed by atoms with E-state index in [0.29, 0.717) is 17.9 Å².